The highest BCUT2D eigenvalue weighted by Gasteiger charge is 2.12. The van der Waals surface area contributed by atoms with Gasteiger partial charge in [0, 0.05) is 12.2 Å². The van der Waals surface area contributed by atoms with Crippen LogP contribution in [0.5, 0.6) is 11.5 Å². The van der Waals surface area contributed by atoms with Gasteiger partial charge in [-0.15, -0.1) is 0 Å². The van der Waals surface area contributed by atoms with Gasteiger partial charge in [-0.05, 0) is 41.0 Å². The van der Waals surface area contributed by atoms with Crippen LogP contribution in [0.25, 0.3) is 11.1 Å². The molecule has 1 N–H and O–H groups in total. The van der Waals surface area contributed by atoms with Crippen LogP contribution < -0.4 is 14.8 Å². The predicted octanol–water partition coefficient (Wildman–Crippen LogP) is 4.69. The Morgan fingerprint density at radius 3 is 2.30 bits per heavy atom. The monoisotopic (exact) mass is 303 g/mol. The van der Waals surface area contributed by atoms with E-state index in [1.807, 2.05) is 18.2 Å². The molecule has 3 aromatic carbocycles. The average Bonchev–Trinajstić information content (AvgIpc) is 3.09. The van der Waals surface area contributed by atoms with Crippen LogP contribution in [0.4, 0.5) is 5.69 Å². The third-order valence-electron chi connectivity index (χ3n) is 3.93. The smallest absolute Gasteiger partial charge is 0.231 e. The van der Waals surface area contributed by atoms with Crippen LogP contribution in [0, 0.1) is 0 Å². The Morgan fingerprint density at radius 1 is 0.739 bits per heavy atom. The van der Waals surface area contributed by atoms with Crippen molar-refractivity contribution in [3.05, 3.63) is 78.4 Å². The lowest BCUT2D eigenvalue weighted by atomic mass is 10.1. The number of anilines is 1. The lowest BCUT2D eigenvalue weighted by Crippen LogP contribution is -1.99. The molecule has 0 atom stereocenters. The van der Waals surface area contributed by atoms with Gasteiger partial charge in [-0.3, -0.25) is 0 Å². The number of ether oxygens (including phenoxy) is 2. The third-order valence-corrected chi connectivity index (χ3v) is 3.93. The molecule has 0 saturated heterocycles. The molecule has 0 saturated carbocycles. The summed E-state index contributed by atoms with van der Waals surface area (Å²) < 4.78 is 10.7. The highest BCUT2D eigenvalue weighted by Crippen LogP contribution is 2.32. The van der Waals surface area contributed by atoms with E-state index in [0.29, 0.717) is 6.79 Å². The highest BCUT2D eigenvalue weighted by atomic mass is 16.7. The maximum Gasteiger partial charge on any atom is 0.231 e. The third kappa shape index (κ3) is 2.99. The summed E-state index contributed by atoms with van der Waals surface area (Å²) in [7, 11) is 0. The Morgan fingerprint density at radius 2 is 1.48 bits per heavy atom. The zero-order chi connectivity index (χ0) is 15.5. The van der Waals surface area contributed by atoms with Gasteiger partial charge in [0.1, 0.15) is 0 Å². The van der Waals surface area contributed by atoms with Crippen molar-refractivity contribution >= 4 is 5.69 Å². The van der Waals surface area contributed by atoms with E-state index in [1.54, 1.807) is 0 Å². The van der Waals surface area contributed by atoms with Gasteiger partial charge in [-0.25, -0.2) is 0 Å². The number of benzene rings is 3. The summed E-state index contributed by atoms with van der Waals surface area (Å²) in [6, 6.07) is 24.9. The standard InChI is InChI=1S/C20H17NO2/c1-2-4-16(5-3-1)17-7-9-18(10-8-17)21-13-15-6-11-19-20(12-15)23-14-22-19/h1-12,21H,13-14H2. The minimum absolute atomic E-state index is 0.313. The van der Waals surface area contributed by atoms with Crippen LogP contribution in [0.2, 0.25) is 0 Å². The van der Waals surface area contributed by atoms with Crippen molar-refractivity contribution in [3.8, 4) is 22.6 Å². The molecule has 23 heavy (non-hydrogen) atoms. The molecule has 0 amide bonds. The first kappa shape index (κ1) is 13.7. The molecule has 0 unspecified atom stereocenters. The van der Waals surface area contributed by atoms with E-state index in [2.05, 4.69) is 59.9 Å². The second kappa shape index (κ2) is 6.05. The van der Waals surface area contributed by atoms with E-state index in [9.17, 15) is 0 Å². The van der Waals surface area contributed by atoms with Crippen LogP contribution >= 0.6 is 0 Å². The van der Waals surface area contributed by atoms with Gasteiger partial charge < -0.3 is 14.8 Å². The SMILES string of the molecule is c1ccc(-c2ccc(NCc3ccc4c(c3)OCO4)cc2)cc1. The largest absolute Gasteiger partial charge is 0.454 e. The zero-order valence-electron chi connectivity index (χ0n) is 12.7. The fraction of sp³-hybridized carbons (Fsp3) is 0.100. The first-order chi connectivity index (χ1) is 11.4. The van der Waals surface area contributed by atoms with Crippen LogP contribution in [-0.2, 0) is 6.54 Å². The molecule has 0 fully saturated rings. The molecule has 114 valence electrons. The molecule has 3 aromatic rings. The summed E-state index contributed by atoms with van der Waals surface area (Å²) in [5.74, 6) is 1.64. The molecule has 1 aliphatic rings. The summed E-state index contributed by atoms with van der Waals surface area (Å²) >= 11 is 0. The van der Waals surface area contributed by atoms with Gasteiger partial charge in [0.15, 0.2) is 11.5 Å². The molecular weight excluding hydrogens is 286 g/mol. The molecule has 1 aliphatic heterocycles. The molecule has 3 nitrogen and oxygen atoms in total. The maximum atomic E-state index is 5.41. The molecule has 0 radical (unpaired) electrons. The van der Waals surface area contributed by atoms with E-state index in [-0.39, 0.29) is 0 Å². The van der Waals surface area contributed by atoms with Gasteiger partial charge in [-0.2, -0.15) is 0 Å². The lowest BCUT2D eigenvalue weighted by Gasteiger charge is -2.08. The normalized spacial score (nSPS) is 12.2. The van der Waals surface area contributed by atoms with Crippen LogP contribution in [0.15, 0.2) is 72.8 Å². The predicted molar refractivity (Wildman–Crippen MR) is 91.8 cm³/mol. The second-order valence-corrected chi connectivity index (χ2v) is 5.48. The van der Waals surface area contributed by atoms with Crippen molar-refractivity contribution in [2.45, 2.75) is 6.54 Å². The zero-order valence-corrected chi connectivity index (χ0v) is 12.7. The highest BCUT2D eigenvalue weighted by molar-refractivity contribution is 5.65. The molecule has 0 bridgehead atoms. The first-order valence-electron chi connectivity index (χ1n) is 7.66. The maximum absolute atomic E-state index is 5.41. The number of nitrogens with one attached hydrogen (secondary N) is 1. The van der Waals surface area contributed by atoms with Gasteiger partial charge in [0.25, 0.3) is 0 Å². The van der Waals surface area contributed by atoms with Crippen LogP contribution in [0.3, 0.4) is 0 Å². The van der Waals surface area contributed by atoms with Gasteiger partial charge in [0.05, 0.1) is 0 Å². The molecule has 0 aromatic heterocycles. The van der Waals surface area contributed by atoms with Crippen molar-refractivity contribution < 1.29 is 9.47 Å². The molecule has 1 heterocycles. The van der Waals surface area contributed by atoms with Crippen molar-refractivity contribution in [2.75, 3.05) is 12.1 Å². The van der Waals surface area contributed by atoms with Crippen molar-refractivity contribution in [1.29, 1.82) is 0 Å². The van der Waals surface area contributed by atoms with Gasteiger partial charge in [-0.1, -0.05) is 48.5 Å². The van der Waals surface area contributed by atoms with E-state index < -0.39 is 0 Å². The average molecular weight is 303 g/mol. The number of fused-ring (bicyclic) bond motifs is 1. The topological polar surface area (TPSA) is 30.5 Å². The Kier molecular flexibility index (Phi) is 3.60. The van der Waals surface area contributed by atoms with Crippen LogP contribution in [-0.4, -0.2) is 6.79 Å². The molecule has 4 rings (SSSR count). The summed E-state index contributed by atoms with van der Waals surface area (Å²) in [5, 5.41) is 3.43. The van der Waals surface area contributed by atoms with Gasteiger partial charge >= 0.3 is 0 Å². The van der Waals surface area contributed by atoms with E-state index in [0.717, 1.165) is 23.7 Å². The Bertz CT molecular complexity index is 798. The summed E-state index contributed by atoms with van der Waals surface area (Å²) in [5.41, 5.74) is 4.72. The molecule has 0 aliphatic carbocycles. The first-order valence-corrected chi connectivity index (χ1v) is 7.66. The number of rotatable bonds is 4. The van der Waals surface area contributed by atoms with Crippen molar-refractivity contribution in [2.24, 2.45) is 0 Å². The second-order valence-electron chi connectivity index (χ2n) is 5.48. The fourth-order valence-electron chi connectivity index (χ4n) is 2.67. The summed E-state index contributed by atoms with van der Waals surface area (Å²) in [4.78, 5) is 0. The lowest BCUT2D eigenvalue weighted by molar-refractivity contribution is 0.174. The Hall–Kier alpha value is -2.94. The minimum atomic E-state index is 0.313. The number of hydrogen-bond donors (Lipinski definition) is 1. The van der Waals surface area contributed by atoms with E-state index in [1.165, 1.54) is 16.7 Å². The molecule has 0 spiro atoms. The van der Waals surface area contributed by atoms with E-state index in [4.69, 9.17) is 9.47 Å². The Labute approximate surface area is 135 Å². The Balaban J connectivity index is 1.43. The van der Waals surface area contributed by atoms with Gasteiger partial charge in [0.2, 0.25) is 6.79 Å². The fourth-order valence-corrected chi connectivity index (χ4v) is 2.67. The van der Waals surface area contributed by atoms with Crippen molar-refractivity contribution in [1.82, 2.24) is 0 Å². The summed E-state index contributed by atoms with van der Waals surface area (Å²) in [6.45, 7) is 1.06. The van der Waals surface area contributed by atoms with E-state index >= 15 is 0 Å². The van der Waals surface area contributed by atoms with Crippen LogP contribution in [0.1, 0.15) is 5.56 Å². The minimum Gasteiger partial charge on any atom is -0.454 e. The molecule has 3 heteroatoms. The molecular formula is C20H17NO2. The quantitative estimate of drug-likeness (QED) is 0.758. The number of hydrogen-bond acceptors (Lipinski definition) is 3. The summed E-state index contributed by atoms with van der Waals surface area (Å²) in [6.07, 6.45) is 0. The van der Waals surface area contributed by atoms with Crippen molar-refractivity contribution in [3.63, 3.8) is 0 Å².